The van der Waals surface area contributed by atoms with E-state index >= 15 is 0 Å². The number of fused-ring (bicyclic) bond motifs is 7. The summed E-state index contributed by atoms with van der Waals surface area (Å²) >= 11 is 0. The van der Waals surface area contributed by atoms with Crippen LogP contribution < -0.4 is 0 Å². The molecule has 320 valence electrons. The van der Waals surface area contributed by atoms with E-state index in [2.05, 4.69) is 223 Å². The SMILES string of the molecule is C#Cc1c(/C=C\C)oc2ccc(-c3ccc(C)cc3)cc12.Cc1ccc(-c2ccc3c(c2)c2ccccc2n3C2=CC(C)(C)CC=C2)cc1.Cc1ccc2c(c1)C(C)(C)c1ccccc1-2. The summed E-state index contributed by atoms with van der Waals surface area (Å²) < 4.78 is 8.23. The van der Waals surface area contributed by atoms with Gasteiger partial charge in [-0.15, -0.1) is 6.42 Å². The van der Waals surface area contributed by atoms with Gasteiger partial charge in [0.25, 0.3) is 0 Å². The average Bonchev–Trinajstić information content (AvgIpc) is 3.91. The first kappa shape index (κ1) is 42.9. The summed E-state index contributed by atoms with van der Waals surface area (Å²) in [6.07, 6.45) is 17.6. The molecule has 0 saturated heterocycles. The Hall–Kier alpha value is -7.34. The van der Waals surface area contributed by atoms with Crippen molar-refractivity contribution in [1.82, 2.24) is 4.57 Å². The minimum atomic E-state index is 0.151. The summed E-state index contributed by atoms with van der Waals surface area (Å²) in [5.41, 5.74) is 20.3. The van der Waals surface area contributed by atoms with E-state index in [1.54, 1.807) is 0 Å². The molecular weight excluding hydrogens is 787 g/mol. The summed E-state index contributed by atoms with van der Waals surface area (Å²) in [6.45, 7) is 17.6. The van der Waals surface area contributed by atoms with Crippen LogP contribution in [0.3, 0.4) is 0 Å². The predicted molar refractivity (Wildman–Crippen MR) is 279 cm³/mol. The molecule has 0 bridgehead atoms. The molecule has 7 aromatic carbocycles. The van der Waals surface area contributed by atoms with E-state index in [9.17, 15) is 0 Å². The molecule has 2 aliphatic carbocycles. The van der Waals surface area contributed by atoms with Crippen LogP contribution >= 0.6 is 0 Å². The third kappa shape index (κ3) is 8.32. The highest BCUT2D eigenvalue weighted by atomic mass is 16.3. The minimum absolute atomic E-state index is 0.151. The van der Waals surface area contributed by atoms with Crippen molar-refractivity contribution in [2.24, 2.45) is 5.41 Å². The molecule has 2 heterocycles. The van der Waals surface area contributed by atoms with Crippen LogP contribution in [0.15, 0.2) is 180 Å². The summed E-state index contributed by atoms with van der Waals surface area (Å²) in [7, 11) is 0. The largest absolute Gasteiger partial charge is 0.455 e. The third-order valence-corrected chi connectivity index (χ3v) is 13.1. The number of furan rings is 1. The molecule has 0 N–H and O–H groups in total. The maximum absolute atomic E-state index is 5.81. The molecule has 0 amide bonds. The van der Waals surface area contributed by atoms with Crippen molar-refractivity contribution in [3.63, 3.8) is 0 Å². The lowest BCUT2D eigenvalue weighted by Gasteiger charge is -2.24. The summed E-state index contributed by atoms with van der Waals surface area (Å²) in [5, 5.41) is 3.61. The molecule has 0 spiro atoms. The lowest BCUT2D eigenvalue weighted by Crippen LogP contribution is -2.14. The fourth-order valence-electron chi connectivity index (χ4n) is 9.58. The van der Waals surface area contributed by atoms with Crippen molar-refractivity contribution in [3.8, 4) is 45.7 Å². The second-order valence-electron chi connectivity index (χ2n) is 18.9. The Kier molecular flexibility index (Phi) is 11.4. The number of aryl methyl sites for hydroxylation is 3. The van der Waals surface area contributed by atoms with E-state index < -0.39 is 0 Å². The van der Waals surface area contributed by atoms with E-state index in [4.69, 9.17) is 10.8 Å². The molecular formula is C63H57NO. The van der Waals surface area contributed by atoms with Crippen LogP contribution in [-0.4, -0.2) is 4.57 Å². The zero-order chi connectivity index (χ0) is 45.5. The summed E-state index contributed by atoms with van der Waals surface area (Å²) in [5.74, 6) is 3.49. The molecule has 0 unspecified atom stereocenters. The number of hydrogen-bond donors (Lipinski definition) is 0. The third-order valence-electron chi connectivity index (χ3n) is 13.1. The van der Waals surface area contributed by atoms with Crippen LogP contribution in [0.5, 0.6) is 0 Å². The summed E-state index contributed by atoms with van der Waals surface area (Å²) in [4.78, 5) is 0. The van der Waals surface area contributed by atoms with Crippen LogP contribution in [0.4, 0.5) is 0 Å². The van der Waals surface area contributed by atoms with Gasteiger partial charge in [0.1, 0.15) is 11.3 Å². The Balaban J connectivity index is 0.000000128. The van der Waals surface area contributed by atoms with Crippen LogP contribution in [-0.2, 0) is 5.41 Å². The van der Waals surface area contributed by atoms with Gasteiger partial charge in [0, 0.05) is 27.3 Å². The fraction of sp³-hybridized carbons (Fsp3) is 0.175. The standard InChI is InChI=1S/C27H25N.C20H16O.C16H16/c1-19-10-12-20(13-11-19)21-14-15-26-24(17-21)23-8-4-5-9-25(23)28(26)22-7-6-16-27(2,3)18-22;1-4-6-19-17(5-2)18-13-16(11-12-20(18)21-19)15-9-7-14(3)8-10-15;1-11-8-9-13-12-6-4-5-7-14(12)16(2,3)15(13)10-11/h4-15,17-18H,16H2,1-3H3;2,4,6-13H,1,3H3;4-10H,1-3H3/b;6-4-;. The van der Waals surface area contributed by atoms with Gasteiger partial charge in [0.15, 0.2) is 0 Å². The number of nitrogens with zero attached hydrogens (tertiary/aromatic N) is 1. The van der Waals surface area contributed by atoms with Crippen molar-refractivity contribution < 1.29 is 4.42 Å². The van der Waals surface area contributed by atoms with Gasteiger partial charge in [0.2, 0.25) is 0 Å². The fourth-order valence-corrected chi connectivity index (χ4v) is 9.58. The number of hydrogen-bond acceptors (Lipinski definition) is 1. The van der Waals surface area contributed by atoms with Crippen molar-refractivity contribution in [2.75, 3.05) is 0 Å². The normalized spacial score (nSPS) is 14.3. The zero-order valence-corrected chi connectivity index (χ0v) is 39.0. The van der Waals surface area contributed by atoms with E-state index in [1.165, 1.54) is 83.1 Å². The lowest BCUT2D eigenvalue weighted by molar-refractivity contribution is 0.485. The molecule has 2 heteroatoms. The minimum Gasteiger partial charge on any atom is -0.455 e. The quantitative estimate of drug-likeness (QED) is 0.161. The molecule has 2 aromatic heterocycles. The van der Waals surface area contributed by atoms with E-state index in [0.29, 0.717) is 0 Å². The molecule has 2 nitrogen and oxygen atoms in total. The first-order valence-corrected chi connectivity index (χ1v) is 22.8. The van der Waals surface area contributed by atoms with Gasteiger partial charge >= 0.3 is 0 Å². The maximum Gasteiger partial charge on any atom is 0.143 e. The highest BCUT2D eigenvalue weighted by molar-refractivity contribution is 6.11. The van der Waals surface area contributed by atoms with Gasteiger partial charge in [0.05, 0.1) is 16.6 Å². The Morgan fingerprint density at radius 3 is 1.85 bits per heavy atom. The second kappa shape index (κ2) is 17.3. The van der Waals surface area contributed by atoms with Gasteiger partial charge in [-0.2, -0.15) is 0 Å². The zero-order valence-electron chi connectivity index (χ0n) is 39.0. The van der Waals surface area contributed by atoms with Crippen molar-refractivity contribution >= 4 is 44.5 Å². The van der Waals surface area contributed by atoms with E-state index in [1.807, 2.05) is 25.1 Å². The first-order valence-electron chi connectivity index (χ1n) is 22.8. The van der Waals surface area contributed by atoms with Crippen LogP contribution in [0.1, 0.15) is 80.2 Å². The molecule has 0 atom stereocenters. The topological polar surface area (TPSA) is 18.1 Å². The van der Waals surface area contributed by atoms with Gasteiger partial charge in [-0.05, 0) is 127 Å². The number of para-hydroxylation sites is 1. The van der Waals surface area contributed by atoms with Gasteiger partial charge in [-0.1, -0.05) is 190 Å². The van der Waals surface area contributed by atoms with Crippen LogP contribution in [0.25, 0.3) is 77.9 Å². The maximum atomic E-state index is 5.81. The number of aromatic nitrogens is 1. The van der Waals surface area contributed by atoms with Gasteiger partial charge < -0.3 is 8.98 Å². The van der Waals surface area contributed by atoms with E-state index in [-0.39, 0.29) is 10.8 Å². The Morgan fingerprint density at radius 2 is 1.17 bits per heavy atom. The number of benzene rings is 7. The van der Waals surface area contributed by atoms with Crippen LogP contribution in [0.2, 0.25) is 0 Å². The van der Waals surface area contributed by atoms with Gasteiger partial charge in [-0.3, -0.25) is 0 Å². The monoisotopic (exact) mass is 843 g/mol. The van der Waals surface area contributed by atoms with Crippen molar-refractivity contribution in [1.29, 1.82) is 0 Å². The molecule has 0 radical (unpaired) electrons. The number of rotatable bonds is 4. The molecule has 0 fully saturated rings. The highest BCUT2D eigenvalue weighted by Gasteiger charge is 2.34. The predicted octanol–water partition coefficient (Wildman–Crippen LogP) is 17.3. The Labute approximate surface area is 385 Å². The molecule has 0 aliphatic heterocycles. The average molecular weight is 844 g/mol. The first-order chi connectivity index (χ1) is 31.3. The highest BCUT2D eigenvalue weighted by Crippen LogP contribution is 2.48. The second-order valence-corrected chi connectivity index (χ2v) is 18.9. The molecule has 11 rings (SSSR count). The molecule has 9 aromatic rings. The smallest absolute Gasteiger partial charge is 0.143 e. The molecule has 65 heavy (non-hydrogen) atoms. The Bertz CT molecular complexity index is 3370. The molecule has 2 aliphatic rings. The number of terminal acetylenes is 1. The Morgan fingerprint density at radius 1 is 0.585 bits per heavy atom. The van der Waals surface area contributed by atoms with Crippen molar-refractivity contribution in [3.05, 3.63) is 215 Å². The summed E-state index contributed by atoms with van der Waals surface area (Å²) in [6, 6.07) is 54.6. The van der Waals surface area contributed by atoms with Gasteiger partial charge in [-0.25, -0.2) is 0 Å². The van der Waals surface area contributed by atoms with E-state index in [0.717, 1.165) is 34.3 Å². The van der Waals surface area contributed by atoms with Crippen molar-refractivity contribution in [2.45, 2.75) is 67.2 Å². The number of allylic oxidation sites excluding steroid dienone is 5. The van der Waals surface area contributed by atoms with Crippen LogP contribution in [0, 0.1) is 38.5 Å². The lowest BCUT2D eigenvalue weighted by atomic mass is 9.82. The molecule has 0 saturated carbocycles.